The Morgan fingerprint density at radius 1 is 1.41 bits per heavy atom. The fourth-order valence-corrected chi connectivity index (χ4v) is 1.30. The van der Waals surface area contributed by atoms with Crippen LogP contribution in [-0.4, -0.2) is 21.0 Å². The van der Waals surface area contributed by atoms with Crippen LogP contribution < -0.4 is 5.73 Å². The number of nitrogens with zero attached hydrogens (tertiary/aromatic N) is 3. The molecular formula is C11H12N4O2. The summed E-state index contributed by atoms with van der Waals surface area (Å²) in [4.78, 5) is 11.6. The summed E-state index contributed by atoms with van der Waals surface area (Å²) < 4.78 is 6.62. The molecule has 0 saturated carbocycles. The Morgan fingerprint density at radius 2 is 2.12 bits per heavy atom. The summed E-state index contributed by atoms with van der Waals surface area (Å²) in [6, 6.07) is 6.54. The number of aromatic nitrogens is 3. The molecule has 0 fully saturated rings. The first-order chi connectivity index (χ1) is 8.15. The molecule has 0 aliphatic carbocycles. The van der Waals surface area contributed by atoms with E-state index in [9.17, 15) is 4.79 Å². The highest BCUT2D eigenvalue weighted by Crippen LogP contribution is 2.08. The Bertz CT molecular complexity index is 519. The number of carbonyl (C=O) groups is 1. The maximum Gasteiger partial charge on any atom is 0.338 e. The highest BCUT2D eigenvalue weighted by atomic mass is 16.5. The fraction of sp³-hybridized carbons (Fsp3) is 0.182. The molecule has 2 N–H and O–H groups in total. The molecule has 1 heterocycles. The second-order valence-electron chi connectivity index (χ2n) is 3.58. The smallest absolute Gasteiger partial charge is 0.338 e. The van der Waals surface area contributed by atoms with E-state index in [2.05, 4.69) is 10.3 Å². The van der Waals surface area contributed by atoms with Crippen molar-refractivity contribution in [1.29, 1.82) is 0 Å². The van der Waals surface area contributed by atoms with Gasteiger partial charge >= 0.3 is 5.97 Å². The molecule has 6 nitrogen and oxygen atoms in total. The van der Waals surface area contributed by atoms with Gasteiger partial charge in [0, 0.05) is 12.7 Å². The molecule has 1 aromatic heterocycles. The van der Waals surface area contributed by atoms with Crippen LogP contribution in [0.5, 0.6) is 0 Å². The third kappa shape index (κ3) is 2.81. The summed E-state index contributed by atoms with van der Waals surface area (Å²) in [7, 11) is 1.75. The van der Waals surface area contributed by atoms with Crippen molar-refractivity contribution in [2.75, 3.05) is 5.73 Å². The molecule has 0 radical (unpaired) electrons. The van der Waals surface area contributed by atoms with Crippen molar-refractivity contribution in [3.63, 3.8) is 0 Å². The molecule has 0 saturated heterocycles. The molecule has 2 rings (SSSR count). The molecule has 0 amide bonds. The number of nitrogen functional groups attached to an aromatic ring is 1. The normalized spacial score (nSPS) is 10.2. The van der Waals surface area contributed by atoms with Gasteiger partial charge in [-0.1, -0.05) is 5.21 Å². The van der Waals surface area contributed by atoms with Crippen LogP contribution in [0.1, 0.15) is 16.1 Å². The third-order valence-electron chi connectivity index (χ3n) is 2.15. The fourth-order valence-electron chi connectivity index (χ4n) is 1.30. The van der Waals surface area contributed by atoms with E-state index >= 15 is 0 Å². The topological polar surface area (TPSA) is 83.0 Å². The molecule has 0 spiro atoms. The van der Waals surface area contributed by atoms with E-state index in [1.807, 2.05) is 0 Å². The van der Waals surface area contributed by atoms with Gasteiger partial charge < -0.3 is 10.5 Å². The highest BCUT2D eigenvalue weighted by Gasteiger charge is 2.08. The highest BCUT2D eigenvalue weighted by molar-refractivity contribution is 5.89. The standard InChI is InChI=1S/C11H12N4O2/c1-15-6-10(13-14-15)7-17-11(16)8-2-4-9(12)5-3-8/h2-6H,7,12H2,1H3. The molecule has 0 aliphatic rings. The first-order valence-electron chi connectivity index (χ1n) is 5.03. The number of rotatable bonds is 3. The van der Waals surface area contributed by atoms with E-state index in [0.29, 0.717) is 16.9 Å². The van der Waals surface area contributed by atoms with E-state index < -0.39 is 5.97 Å². The molecule has 0 unspecified atom stereocenters. The lowest BCUT2D eigenvalue weighted by molar-refractivity contribution is 0.0467. The van der Waals surface area contributed by atoms with Crippen molar-refractivity contribution >= 4 is 11.7 Å². The summed E-state index contributed by atoms with van der Waals surface area (Å²) in [6.45, 7) is 0.108. The predicted molar refractivity (Wildman–Crippen MR) is 61.0 cm³/mol. The zero-order chi connectivity index (χ0) is 12.3. The van der Waals surface area contributed by atoms with Gasteiger partial charge in [0.2, 0.25) is 0 Å². The van der Waals surface area contributed by atoms with Crippen LogP contribution in [0.3, 0.4) is 0 Å². The summed E-state index contributed by atoms with van der Waals surface area (Å²) >= 11 is 0. The maximum absolute atomic E-state index is 11.6. The number of hydrogen-bond donors (Lipinski definition) is 1. The number of nitrogens with two attached hydrogens (primary N) is 1. The van der Waals surface area contributed by atoms with Crippen molar-refractivity contribution in [3.05, 3.63) is 41.7 Å². The number of carbonyl (C=O) groups excluding carboxylic acids is 1. The first-order valence-corrected chi connectivity index (χ1v) is 5.03. The van der Waals surface area contributed by atoms with Crippen LogP contribution in [0, 0.1) is 0 Å². The molecule has 1 aromatic carbocycles. The average Bonchev–Trinajstić information content (AvgIpc) is 2.73. The predicted octanol–water partition coefficient (Wildman–Crippen LogP) is 0.754. The van der Waals surface area contributed by atoms with Gasteiger partial charge in [0.1, 0.15) is 12.3 Å². The van der Waals surface area contributed by atoms with Crippen LogP contribution in [0.15, 0.2) is 30.5 Å². The molecule has 0 atom stereocenters. The molecular weight excluding hydrogens is 220 g/mol. The quantitative estimate of drug-likeness (QED) is 0.623. The number of ether oxygens (including phenoxy) is 1. The SMILES string of the molecule is Cn1cc(COC(=O)c2ccc(N)cc2)nn1. The minimum Gasteiger partial charge on any atom is -0.455 e. The number of anilines is 1. The number of aryl methyl sites for hydroxylation is 1. The summed E-state index contributed by atoms with van der Waals surface area (Å²) in [6.07, 6.45) is 1.69. The van der Waals surface area contributed by atoms with E-state index in [1.54, 1.807) is 42.2 Å². The summed E-state index contributed by atoms with van der Waals surface area (Å²) in [5.41, 5.74) is 7.20. The number of hydrogen-bond acceptors (Lipinski definition) is 5. The Balaban J connectivity index is 1.95. The largest absolute Gasteiger partial charge is 0.455 e. The molecule has 17 heavy (non-hydrogen) atoms. The average molecular weight is 232 g/mol. The first kappa shape index (κ1) is 11.1. The van der Waals surface area contributed by atoms with Crippen LogP contribution in [-0.2, 0) is 18.4 Å². The van der Waals surface area contributed by atoms with Gasteiger partial charge in [-0.2, -0.15) is 0 Å². The molecule has 2 aromatic rings. The summed E-state index contributed by atoms with van der Waals surface area (Å²) in [5.74, 6) is -0.407. The van der Waals surface area contributed by atoms with Gasteiger partial charge in [-0.05, 0) is 24.3 Å². The minimum absolute atomic E-state index is 0.108. The molecule has 6 heteroatoms. The molecule has 88 valence electrons. The van der Waals surface area contributed by atoms with Crippen LogP contribution >= 0.6 is 0 Å². The number of esters is 1. The van der Waals surface area contributed by atoms with E-state index in [1.165, 1.54) is 0 Å². The van der Waals surface area contributed by atoms with Gasteiger partial charge in [-0.15, -0.1) is 5.10 Å². The maximum atomic E-state index is 11.6. The summed E-state index contributed by atoms with van der Waals surface area (Å²) in [5, 5.41) is 7.55. The van der Waals surface area contributed by atoms with Gasteiger partial charge in [0.25, 0.3) is 0 Å². The van der Waals surface area contributed by atoms with Crippen molar-refractivity contribution in [3.8, 4) is 0 Å². The van der Waals surface area contributed by atoms with Crippen LogP contribution in [0.25, 0.3) is 0 Å². The Hall–Kier alpha value is -2.37. The zero-order valence-electron chi connectivity index (χ0n) is 9.33. The third-order valence-corrected chi connectivity index (χ3v) is 2.15. The van der Waals surface area contributed by atoms with Crippen LogP contribution in [0.4, 0.5) is 5.69 Å². The van der Waals surface area contributed by atoms with E-state index in [0.717, 1.165) is 0 Å². The van der Waals surface area contributed by atoms with Gasteiger partial charge in [-0.25, -0.2) is 4.79 Å². The van der Waals surface area contributed by atoms with Gasteiger partial charge in [0.15, 0.2) is 0 Å². The van der Waals surface area contributed by atoms with Gasteiger partial charge in [-0.3, -0.25) is 4.68 Å². The van der Waals surface area contributed by atoms with Crippen molar-refractivity contribution < 1.29 is 9.53 Å². The van der Waals surface area contributed by atoms with Crippen molar-refractivity contribution in [2.45, 2.75) is 6.61 Å². The Labute approximate surface area is 98.0 Å². The lowest BCUT2D eigenvalue weighted by Gasteiger charge is -2.02. The second-order valence-corrected chi connectivity index (χ2v) is 3.58. The zero-order valence-corrected chi connectivity index (χ0v) is 9.33. The van der Waals surface area contributed by atoms with Crippen molar-refractivity contribution in [1.82, 2.24) is 15.0 Å². The monoisotopic (exact) mass is 232 g/mol. The Kier molecular flexibility index (Phi) is 3.04. The number of benzene rings is 1. The molecule has 0 bridgehead atoms. The van der Waals surface area contributed by atoms with E-state index in [4.69, 9.17) is 10.5 Å². The lowest BCUT2D eigenvalue weighted by Crippen LogP contribution is -2.05. The minimum atomic E-state index is -0.407. The van der Waals surface area contributed by atoms with Gasteiger partial charge in [0.05, 0.1) is 11.8 Å². The lowest BCUT2D eigenvalue weighted by atomic mass is 10.2. The van der Waals surface area contributed by atoms with Crippen molar-refractivity contribution in [2.24, 2.45) is 7.05 Å². The Morgan fingerprint density at radius 3 is 2.71 bits per heavy atom. The molecule has 0 aliphatic heterocycles. The van der Waals surface area contributed by atoms with Crippen LogP contribution in [0.2, 0.25) is 0 Å². The van der Waals surface area contributed by atoms with E-state index in [-0.39, 0.29) is 6.61 Å². The second kappa shape index (κ2) is 4.65.